The van der Waals surface area contributed by atoms with Gasteiger partial charge in [-0.3, -0.25) is 14.9 Å². The van der Waals surface area contributed by atoms with Gasteiger partial charge in [-0.15, -0.1) is 0 Å². The molecule has 0 heterocycles. The van der Waals surface area contributed by atoms with Crippen LogP contribution in [0.1, 0.15) is 15.9 Å². The number of benzene rings is 2. The summed E-state index contributed by atoms with van der Waals surface area (Å²) in [5.74, 6) is -1.55. The van der Waals surface area contributed by atoms with E-state index in [1.807, 2.05) is 30.3 Å². The van der Waals surface area contributed by atoms with Crippen LogP contribution in [0.3, 0.4) is 0 Å². The molecule has 0 aliphatic carbocycles. The van der Waals surface area contributed by atoms with Crippen molar-refractivity contribution < 1.29 is 19.2 Å². The summed E-state index contributed by atoms with van der Waals surface area (Å²) < 4.78 is 13.2. The largest absolute Gasteiger partial charge is 0.391 e. The molecular weight excluding hydrogens is 303 g/mol. The predicted molar refractivity (Wildman–Crippen MR) is 81.5 cm³/mol. The Morgan fingerprint density at radius 3 is 2.61 bits per heavy atom. The second-order valence-corrected chi connectivity index (χ2v) is 4.97. The maximum Gasteiger partial charge on any atom is 0.282 e. The normalized spacial score (nSPS) is 11.7. The van der Waals surface area contributed by atoms with Crippen LogP contribution in [0.25, 0.3) is 0 Å². The molecule has 120 valence electrons. The SMILES string of the molecule is O=C(NCC(O)Cc1ccccc1)c1cc(F)ccc1[N+](=O)[O-]. The average Bonchev–Trinajstić information content (AvgIpc) is 2.53. The zero-order valence-corrected chi connectivity index (χ0v) is 12.1. The van der Waals surface area contributed by atoms with E-state index >= 15 is 0 Å². The molecule has 0 saturated heterocycles. The number of hydrogen-bond donors (Lipinski definition) is 2. The van der Waals surface area contributed by atoms with Crippen LogP contribution in [0.15, 0.2) is 48.5 Å². The first-order valence-electron chi connectivity index (χ1n) is 6.91. The van der Waals surface area contributed by atoms with Gasteiger partial charge in [-0.2, -0.15) is 0 Å². The third-order valence-electron chi connectivity index (χ3n) is 3.21. The molecule has 1 atom stereocenters. The summed E-state index contributed by atoms with van der Waals surface area (Å²) in [5.41, 5.74) is 0.0364. The number of aliphatic hydroxyl groups excluding tert-OH is 1. The number of nitrogens with one attached hydrogen (secondary N) is 1. The molecule has 0 radical (unpaired) electrons. The fraction of sp³-hybridized carbons (Fsp3) is 0.188. The highest BCUT2D eigenvalue weighted by molar-refractivity contribution is 5.98. The van der Waals surface area contributed by atoms with Gasteiger partial charge in [-0.05, 0) is 17.7 Å². The molecular formula is C16H15FN2O4. The molecule has 0 bridgehead atoms. The molecule has 2 N–H and O–H groups in total. The number of halogens is 1. The summed E-state index contributed by atoms with van der Waals surface area (Å²) in [7, 11) is 0. The fourth-order valence-corrected chi connectivity index (χ4v) is 2.11. The van der Waals surface area contributed by atoms with Gasteiger partial charge < -0.3 is 10.4 Å². The van der Waals surface area contributed by atoms with E-state index in [1.54, 1.807) is 0 Å². The lowest BCUT2D eigenvalue weighted by atomic mass is 10.1. The van der Waals surface area contributed by atoms with Crippen molar-refractivity contribution in [1.82, 2.24) is 5.32 Å². The molecule has 2 aromatic rings. The van der Waals surface area contributed by atoms with Crippen LogP contribution >= 0.6 is 0 Å². The van der Waals surface area contributed by atoms with E-state index in [0.29, 0.717) is 6.42 Å². The highest BCUT2D eigenvalue weighted by Crippen LogP contribution is 2.19. The van der Waals surface area contributed by atoms with Crippen LogP contribution < -0.4 is 5.32 Å². The van der Waals surface area contributed by atoms with E-state index in [-0.39, 0.29) is 12.1 Å². The summed E-state index contributed by atoms with van der Waals surface area (Å²) in [6.45, 7) is -0.0958. The first-order chi connectivity index (χ1) is 11.0. The number of nitro groups is 1. The molecule has 0 spiro atoms. The molecule has 0 aliphatic heterocycles. The monoisotopic (exact) mass is 318 g/mol. The van der Waals surface area contributed by atoms with Gasteiger partial charge >= 0.3 is 0 Å². The van der Waals surface area contributed by atoms with Gasteiger partial charge in [0.25, 0.3) is 11.6 Å². The highest BCUT2D eigenvalue weighted by Gasteiger charge is 2.21. The van der Waals surface area contributed by atoms with Gasteiger partial charge in [0.2, 0.25) is 0 Å². The summed E-state index contributed by atoms with van der Waals surface area (Å²) in [6, 6.07) is 11.8. The summed E-state index contributed by atoms with van der Waals surface area (Å²) in [5, 5.41) is 23.2. The van der Waals surface area contributed by atoms with Gasteiger partial charge in [0.05, 0.1) is 11.0 Å². The van der Waals surface area contributed by atoms with Gasteiger partial charge in [0, 0.05) is 19.0 Å². The van der Waals surface area contributed by atoms with Gasteiger partial charge in [-0.1, -0.05) is 30.3 Å². The van der Waals surface area contributed by atoms with Gasteiger partial charge in [0.1, 0.15) is 11.4 Å². The zero-order chi connectivity index (χ0) is 16.8. The lowest BCUT2D eigenvalue weighted by Gasteiger charge is -2.12. The third kappa shape index (κ3) is 4.58. The first-order valence-corrected chi connectivity index (χ1v) is 6.91. The summed E-state index contributed by atoms with van der Waals surface area (Å²) >= 11 is 0. The maximum atomic E-state index is 13.2. The number of hydrogen-bond acceptors (Lipinski definition) is 4. The second kappa shape index (κ2) is 7.46. The number of carbonyl (C=O) groups is 1. The maximum absolute atomic E-state index is 13.2. The molecule has 0 fully saturated rings. The minimum atomic E-state index is -0.853. The topological polar surface area (TPSA) is 92.5 Å². The fourth-order valence-electron chi connectivity index (χ4n) is 2.11. The molecule has 1 amide bonds. The minimum Gasteiger partial charge on any atom is -0.391 e. The van der Waals surface area contributed by atoms with E-state index < -0.39 is 28.4 Å². The molecule has 0 saturated carbocycles. The quantitative estimate of drug-likeness (QED) is 0.630. The van der Waals surface area contributed by atoms with E-state index in [1.165, 1.54) is 0 Å². The third-order valence-corrected chi connectivity index (χ3v) is 3.21. The van der Waals surface area contributed by atoms with Crippen molar-refractivity contribution in [2.24, 2.45) is 0 Å². The lowest BCUT2D eigenvalue weighted by Crippen LogP contribution is -2.33. The van der Waals surface area contributed by atoms with E-state index in [9.17, 15) is 24.4 Å². The van der Waals surface area contributed by atoms with Gasteiger partial charge in [-0.25, -0.2) is 4.39 Å². The van der Waals surface area contributed by atoms with Crippen molar-refractivity contribution in [3.63, 3.8) is 0 Å². The van der Waals surface area contributed by atoms with Crippen molar-refractivity contribution in [3.05, 3.63) is 75.6 Å². The zero-order valence-electron chi connectivity index (χ0n) is 12.1. The summed E-state index contributed by atoms with van der Waals surface area (Å²) in [4.78, 5) is 22.1. The number of nitrogens with zero attached hydrogens (tertiary/aromatic N) is 1. The molecule has 23 heavy (non-hydrogen) atoms. The van der Waals surface area contributed by atoms with Crippen molar-refractivity contribution in [2.75, 3.05) is 6.54 Å². The van der Waals surface area contributed by atoms with Crippen LogP contribution in [0, 0.1) is 15.9 Å². The Kier molecular flexibility index (Phi) is 5.37. The van der Waals surface area contributed by atoms with Crippen LogP contribution in [-0.2, 0) is 6.42 Å². The molecule has 0 aromatic heterocycles. The second-order valence-electron chi connectivity index (χ2n) is 4.97. The molecule has 6 nitrogen and oxygen atoms in total. The van der Waals surface area contributed by atoms with E-state index in [2.05, 4.69) is 5.32 Å². The number of rotatable bonds is 6. The Hall–Kier alpha value is -2.80. The predicted octanol–water partition coefficient (Wildman–Crippen LogP) is 2.07. The molecule has 0 aliphatic rings. The molecule has 1 unspecified atom stereocenters. The molecule has 2 aromatic carbocycles. The first kappa shape index (κ1) is 16.6. The molecule has 2 rings (SSSR count). The Bertz CT molecular complexity index is 706. The van der Waals surface area contributed by atoms with Crippen LogP contribution in [-0.4, -0.2) is 28.6 Å². The smallest absolute Gasteiger partial charge is 0.282 e. The van der Waals surface area contributed by atoms with Crippen molar-refractivity contribution in [2.45, 2.75) is 12.5 Å². The number of aliphatic hydroxyl groups is 1. The highest BCUT2D eigenvalue weighted by atomic mass is 19.1. The standard InChI is InChI=1S/C16H15FN2O4/c17-12-6-7-15(19(22)23)14(9-12)16(21)18-10-13(20)8-11-4-2-1-3-5-11/h1-7,9,13,20H,8,10H2,(H,18,21). The van der Waals surface area contributed by atoms with Crippen LogP contribution in [0.2, 0.25) is 0 Å². The van der Waals surface area contributed by atoms with Crippen molar-refractivity contribution in [1.29, 1.82) is 0 Å². The van der Waals surface area contributed by atoms with E-state index in [0.717, 1.165) is 23.8 Å². The van der Waals surface area contributed by atoms with E-state index in [4.69, 9.17) is 0 Å². The minimum absolute atomic E-state index is 0.0958. The van der Waals surface area contributed by atoms with Crippen molar-refractivity contribution >= 4 is 11.6 Å². The van der Waals surface area contributed by atoms with Crippen LogP contribution in [0.4, 0.5) is 10.1 Å². The number of carbonyl (C=O) groups excluding carboxylic acids is 1. The summed E-state index contributed by atoms with van der Waals surface area (Å²) in [6.07, 6.45) is -0.527. The Labute approximate surface area is 131 Å². The Morgan fingerprint density at radius 1 is 1.26 bits per heavy atom. The van der Waals surface area contributed by atoms with Crippen molar-refractivity contribution in [3.8, 4) is 0 Å². The Morgan fingerprint density at radius 2 is 1.96 bits per heavy atom. The number of nitro benzene ring substituents is 1. The molecule has 7 heteroatoms. The average molecular weight is 318 g/mol. The van der Waals surface area contributed by atoms with Crippen LogP contribution in [0.5, 0.6) is 0 Å². The van der Waals surface area contributed by atoms with Gasteiger partial charge in [0.15, 0.2) is 0 Å². The number of amides is 1. The lowest BCUT2D eigenvalue weighted by molar-refractivity contribution is -0.385. The Balaban J connectivity index is 1.99.